The van der Waals surface area contributed by atoms with Gasteiger partial charge in [0.15, 0.2) is 17.3 Å². The molecule has 0 unspecified atom stereocenters. The van der Waals surface area contributed by atoms with E-state index < -0.39 is 27.6 Å². The molecule has 0 aromatic heterocycles. The Balaban J connectivity index is 1.66. The maximum atomic E-state index is 14.2. The summed E-state index contributed by atoms with van der Waals surface area (Å²) in [6.07, 6.45) is 6.90. The first-order valence-corrected chi connectivity index (χ1v) is 13.9. The van der Waals surface area contributed by atoms with Crippen molar-refractivity contribution in [1.82, 2.24) is 0 Å². The minimum Gasteiger partial charge on any atom is -0.469 e. The van der Waals surface area contributed by atoms with E-state index in [0.29, 0.717) is 19.3 Å². The lowest BCUT2D eigenvalue weighted by atomic mass is 9.37. The van der Waals surface area contributed by atoms with Crippen LogP contribution < -0.4 is 0 Å². The van der Waals surface area contributed by atoms with Crippen LogP contribution in [-0.4, -0.2) is 42.1 Å². The van der Waals surface area contributed by atoms with Gasteiger partial charge in [0.05, 0.1) is 35.5 Å². The number of allylic oxidation sites excluding steroid dienone is 3. The zero-order chi connectivity index (χ0) is 27.3. The van der Waals surface area contributed by atoms with Crippen LogP contribution in [0, 0.1) is 50.7 Å². The highest BCUT2D eigenvalue weighted by Gasteiger charge is 2.70. The number of hydrogen-bond donors (Lipinski definition) is 1. The van der Waals surface area contributed by atoms with E-state index in [-0.39, 0.29) is 58.7 Å². The van der Waals surface area contributed by atoms with Gasteiger partial charge in [0.2, 0.25) is 0 Å². The largest absolute Gasteiger partial charge is 0.469 e. The maximum absolute atomic E-state index is 14.2. The normalized spacial score (nSPS) is 46.7. The number of Topliss-reactive ketones (excluding diaryl/α,β-unsaturated/α-hetero) is 2. The first-order valence-electron chi connectivity index (χ1n) is 13.9. The maximum Gasteiger partial charge on any atom is 0.312 e. The number of fused-ring (bicyclic) bond motifs is 7. The van der Waals surface area contributed by atoms with Gasteiger partial charge in [-0.1, -0.05) is 27.4 Å². The highest BCUT2D eigenvalue weighted by atomic mass is 16.5. The molecule has 0 heterocycles. The van der Waals surface area contributed by atoms with Crippen molar-refractivity contribution in [2.24, 2.45) is 50.7 Å². The Bertz CT molecular complexity index is 1150. The Morgan fingerprint density at radius 1 is 1.03 bits per heavy atom. The lowest BCUT2D eigenvalue weighted by Crippen LogP contribution is -2.65. The van der Waals surface area contributed by atoms with E-state index in [1.165, 1.54) is 7.11 Å². The number of aliphatic hydroxyl groups is 1. The number of carbonyl (C=O) groups excluding carboxylic acids is 4. The summed E-state index contributed by atoms with van der Waals surface area (Å²) in [5.74, 6) is -1.71. The van der Waals surface area contributed by atoms with E-state index in [4.69, 9.17) is 4.74 Å². The molecule has 5 aliphatic carbocycles. The molecule has 0 aromatic rings. The fourth-order valence-electron chi connectivity index (χ4n) is 9.83. The highest BCUT2D eigenvalue weighted by Crippen LogP contribution is 2.70. The Morgan fingerprint density at radius 2 is 1.68 bits per heavy atom. The second kappa shape index (κ2) is 7.97. The predicted octanol–water partition coefficient (Wildman–Crippen LogP) is 4.64. The minimum absolute atomic E-state index is 0.00711. The Kier molecular flexibility index (Phi) is 5.71. The summed E-state index contributed by atoms with van der Waals surface area (Å²) >= 11 is 0. The number of carbonyl (C=O) groups is 4. The summed E-state index contributed by atoms with van der Waals surface area (Å²) in [4.78, 5) is 54.5. The number of methoxy groups -OCH3 is 1. The molecule has 0 amide bonds. The van der Waals surface area contributed by atoms with Gasteiger partial charge in [0, 0.05) is 5.92 Å². The van der Waals surface area contributed by atoms with Gasteiger partial charge in [-0.3, -0.25) is 19.2 Å². The zero-order valence-corrected chi connectivity index (χ0v) is 23.2. The molecule has 0 bridgehead atoms. The summed E-state index contributed by atoms with van der Waals surface area (Å²) in [6.45, 7) is 13.7. The van der Waals surface area contributed by atoms with Crippen LogP contribution in [0.1, 0.15) is 79.6 Å². The third kappa shape index (κ3) is 3.14. The first kappa shape index (κ1) is 26.5. The molecule has 202 valence electrons. The molecule has 8 atom stereocenters. The molecule has 4 fully saturated rings. The monoisotopic (exact) mass is 510 g/mol. The van der Waals surface area contributed by atoms with Gasteiger partial charge in [-0.2, -0.15) is 0 Å². The van der Waals surface area contributed by atoms with Gasteiger partial charge in [0.25, 0.3) is 0 Å². The number of aliphatic hydroxyl groups excluding tert-OH is 1. The zero-order valence-electron chi connectivity index (χ0n) is 23.2. The molecule has 5 rings (SSSR count). The van der Waals surface area contributed by atoms with Crippen molar-refractivity contribution in [3.05, 3.63) is 23.8 Å². The molecule has 6 nitrogen and oxygen atoms in total. The predicted molar refractivity (Wildman–Crippen MR) is 138 cm³/mol. The molecule has 0 aliphatic heterocycles. The highest BCUT2D eigenvalue weighted by molar-refractivity contribution is 6.26. The van der Waals surface area contributed by atoms with Crippen LogP contribution in [0.15, 0.2) is 23.8 Å². The van der Waals surface area contributed by atoms with Crippen LogP contribution in [0.2, 0.25) is 0 Å². The van der Waals surface area contributed by atoms with Gasteiger partial charge in [-0.25, -0.2) is 0 Å². The van der Waals surface area contributed by atoms with Crippen molar-refractivity contribution in [1.29, 1.82) is 0 Å². The summed E-state index contributed by atoms with van der Waals surface area (Å²) in [5, 5.41) is 10.3. The van der Waals surface area contributed by atoms with Crippen LogP contribution in [0.25, 0.3) is 0 Å². The van der Waals surface area contributed by atoms with Gasteiger partial charge in [0.1, 0.15) is 0 Å². The van der Waals surface area contributed by atoms with E-state index >= 15 is 0 Å². The molecular weight excluding hydrogens is 468 g/mol. The van der Waals surface area contributed by atoms with Gasteiger partial charge >= 0.3 is 5.97 Å². The molecule has 37 heavy (non-hydrogen) atoms. The Labute approximate surface area is 220 Å². The second-order valence-electron chi connectivity index (χ2n) is 14.2. The molecule has 4 saturated carbocycles. The fraction of sp³-hybridized carbons (Fsp3) is 0.742. The van der Waals surface area contributed by atoms with E-state index in [1.807, 2.05) is 6.92 Å². The smallest absolute Gasteiger partial charge is 0.312 e. The second-order valence-corrected chi connectivity index (χ2v) is 14.2. The standard InChI is InChI=1S/C31H42O6/c1-17-24(34)29(5,16-32)22-9-8-18-19(30(22,6)25(17)35)14-21(33)23-20-15-27(2,3)10-12-31(20,26(36)37-7)13-11-28(18,23)4/h14,18,20,22-23,32H,1,8-13,15-16H2,2-7H3/t18-,20+,22+,23+,28+,29-,30-,31+/m1/s1. The van der Waals surface area contributed by atoms with Gasteiger partial charge < -0.3 is 9.84 Å². The van der Waals surface area contributed by atoms with Crippen LogP contribution in [0.4, 0.5) is 0 Å². The van der Waals surface area contributed by atoms with E-state index in [0.717, 1.165) is 31.3 Å². The Morgan fingerprint density at radius 3 is 2.30 bits per heavy atom. The summed E-state index contributed by atoms with van der Waals surface area (Å²) in [6, 6.07) is 0. The average Bonchev–Trinajstić information content (AvgIpc) is 2.85. The third-order valence-corrected chi connectivity index (χ3v) is 12.0. The number of ketones is 3. The Hall–Kier alpha value is -2.08. The number of hydrogen-bond acceptors (Lipinski definition) is 6. The number of rotatable bonds is 2. The van der Waals surface area contributed by atoms with Crippen molar-refractivity contribution in [3.8, 4) is 0 Å². The summed E-state index contributed by atoms with van der Waals surface area (Å²) in [5.41, 5.74) is -2.44. The molecule has 0 saturated heterocycles. The van der Waals surface area contributed by atoms with Crippen molar-refractivity contribution >= 4 is 23.3 Å². The van der Waals surface area contributed by atoms with Crippen molar-refractivity contribution in [2.45, 2.75) is 79.6 Å². The fourth-order valence-corrected chi connectivity index (χ4v) is 9.83. The van der Waals surface area contributed by atoms with Crippen molar-refractivity contribution < 1.29 is 29.0 Å². The van der Waals surface area contributed by atoms with E-state index in [9.17, 15) is 24.3 Å². The molecule has 0 radical (unpaired) electrons. The minimum atomic E-state index is -1.10. The lowest BCUT2D eigenvalue weighted by molar-refractivity contribution is -0.184. The molecule has 0 spiro atoms. The molecule has 0 aromatic carbocycles. The number of ether oxygens (including phenoxy) is 1. The summed E-state index contributed by atoms with van der Waals surface area (Å²) in [7, 11) is 1.45. The molecule has 5 aliphatic rings. The SMILES string of the molecule is C=C1C(=O)[C@]2(C)C3=CC(=O)[C@@H]4[C@@H]5CC(C)(C)CC[C@]5(C(=O)OC)CC[C@@]4(C)[C@@H]3CC[C@H]2[C@@](C)(CO)C1=O. The van der Waals surface area contributed by atoms with Crippen LogP contribution in [0.5, 0.6) is 0 Å². The topological polar surface area (TPSA) is 97.7 Å². The van der Waals surface area contributed by atoms with Gasteiger partial charge in [-0.05, 0) is 99.0 Å². The van der Waals surface area contributed by atoms with Gasteiger partial charge in [-0.15, -0.1) is 0 Å². The van der Waals surface area contributed by atoms with Crippen LogP contribution in [0.3, 0.4) is 0 Å². The van der Waals surface area contributed by atoms with Crippen LogP contribution >= 0.6 is 0 Å². The first-order chi connectivity index (χ1) is 17.1. The van der Waals surface area contributed by atoms with Crippen molar-refractivity contribution in [3.63, 3.8) is 0 Å². The quantitative estimate of drug-likeness (QED) is 0.330. The molecule has 6 heteroatoms. The van der Waals surface area contributed by atoms with E-state index in [2.05, 4.69) is 27.4 Å². The van der Waals surface area contributed by atoms with E-state index in [1.54, 1.807) is 13.0 Å². The average molecular weight is 511 g/mol. The van der Waals surface area contributed by atoms with Crippen molar-refractivity contribution in [2.75, 3.05) is 13.7 Å². The number of esters is 1. The molecule has 1 N–H and O–H groups in total. The third-order valence-electron chi connectivity index (χ3n) is 12.0. The lowest BCUT2D eigenvalue weighted by Gasteiger charge is -2.65. The van der Waals surface area contributed by atoms with Crippen LogP contribution in [-0.2, 0) is 23.9 Å². The summed E-state index contributed by atoms with van der Waals surface area (Å²) < 4.78 is 5.35. The molecular formula is C31H42O6.